The van der Waals surface area contributed by atoms with Gasteiger partial charge in [-0.2, -0.15) is 0 Å². The zero-order chi connectivity index (χ0) is 13.5. The summed E-state index contributed by atoms with van der Waals surface area (Å²) in [5.41, 5.74) is 1.26. The highest BCUT2D eigenvalue weighted by Gasteiger charge is 2.08. The van der Waals surface area contributed by atoms with Crippen LogP contribution in [0.1, 0.15) is 24.9 Å². The fourth-order valence-electron chi connectivity index (χ4n) is 2.03. The summed E-state index contributed by atoms with van der Waals surface area (Å²) in [5.74, 6) is 0.910. The number of benzene rings is 1. The quantitative estimate of drug-likeness (QED) is 0.777. The highest BCUT2D eigenvalue weighted by molar-refractivity contribution is 5.32. The van der Waals surface area contributed by atoms with Crippen LogP contribution < -0.4 is 5.32 Å². The van der Waals surface area contributed by atoms with Gasteiger partial charge in [0.1, 0.15) is 0 Å². The zero-order valence-corrected chi connectivity index (χ0v) is 11.5. The SMILES string of the molecule is COCCCn1ccnc1NC(C)c1ccccc1. The molecule has 0 fully saturated rings. The van der Waals surface area contributed by atoms with Gasteiger partial charge in [0.15, 0.2) is 0 Å². The van der Waals surface area contributed by atoms with E-state index in [9.17, 15) is 0 Å². The van der Waals surface area contributed by atoms with Crippen LogP contribution in [0.4, 0.5) is 5.95 Å². The van der Waals surface area contributed by atoms with E-state index in [4.69, 9.17) is 4.74 Å². The lowest BCUT2D eigenvalue weighted by molar-refractivity contribution is 0.190. The van der Waals surface area contributed by atoms with E-state index in [1.54, 1.807) is 7.11 Å². The van der Waals surface area contributed by atoms with E-state index in [-0.39, 0.29) is 6.04 Å². The molecule has 0 aliphatic heterocycles. The molecule has 1 atom stereocenters. The Morgan fingerprint density at radius 3 is 2.84 bits per heavy atom. The molecule has 1 heterocycles. The molecule has 1 aromatic heterocycles. The molecule has 0 saturated heterocycles. The van der Waals surface area contributed by atoms with Crippen molar-refractivity contribution in [3.05, 3.63) is 48.3 Å². The molecule has 1 N–H and O–H groups in total. The third kappa shape index (κ3) is 3.83. The van der Waals surface area contributed by atoms with E-state index in [0.717, 1.165) is 25.5 Å². The Hall–Kier alpha value is -1.81. The van der Waals surface area contributed by atoms with Crippen molar-refractivity contribution in [2.24, 2.45) is 0 Å². The van der Waals surface area contributed by atoms with E-state index >= 15 is 0 Å². The van der Waals surface area contributed by atoms with E-state index in [2.05, 4.69) is 46.1 Å². The van der Waals surface area contributed by atoms with Gasteiger partial charge in [-0.15, -0.1) is 0 Å². The monoisotopic (exact) mass is 259 g/mol. The van der Waals surface area contributed by atoms with Crippen LogP contribution in [0.2, 0.25) is 0 Å². The highest BCUT2D eigenvalue weighted by atomic mass is 16.5. The normalized spacial score (nSPS) is 12.3. The Bertz CT molecular complexity index is 481. The average Bonchev–Trinajstić information content (AvgIpc) is 2.87. The van der Waals surface area contributed by atoms with Crippen molar-refractivity contribution >= 4 is 5.95 Å². The summed E-state index contributed by atoms with van der Waals surface area (Å²) in [4.78, 5) is 4.37. The van der Waals surface area contributed by atoms with E-state index in [0.29, 0.717) is 0 Å². The minimum Gasteiger partial charge on any atom is -0.385 e. The summed E-state index contributed by atoms with van der Waals surface area (Å²) in [6, 6.07) is 10.6. The van der Waals surface area contributed by atoms with Crippen LogP contribution in [0, 0.1) is 0 Å². The third-order valence-corrected chi connectivity index (χ3v) is 3.11. The standard InChI is InChI=1S/C15H21N3O/c1-13(14-7-4-3-5-8-14)17-15-16-9-11-18(15)10-6-12-19-2/h3-5,7-9,11,13H,6,10,12H2,1-2H3,(H,16,17). The van der Waals surface area contributed by atoms with Crippen molar-refractivity contribution < 1.29 is 4.74 Å². The topological polar surface area (TPSA) is 39.1 Å². The van der Waals surface area contributed by atoms with Crippen LogP contribution in [-0.4, -0.2) is 23.3 Å². The largest absolute Gasteiger partial charge is 0.385 e. The number of ether oxygens (including phenoxy) is 1. The summed E-state index contributed by atoms with van der Waals surface area (Å²) in [6.07, 6.45) is 4.81. The maximum atomic E-state index is 5.08. The molecule has 0 spiro atoms. The van der Waals surface area contributed by atoms with Gasteiger partial charge in [-0.25, -0.2) is 4.98 Å². The van der Waals surface area contributed by atoms with Gasteiger partial charge < -0.3 is 14.6 Å². The van der Waals surface area contributed by atoms with Crippen LogP contribution in [0.15, 0.2) is 42.7 Å². The molecular formula is C15H21N3O. The summed E-state index contributed by atoms with van der Waals surface area (Å²) in [5, 5.41) is 3.44. The van der Waals surface area contributed by atoms with Crippen molar-refractivity contribution in [3.8, 4) is 0 Å². The Morgan fingerprint density at radius 2 is 2.11 bits per heavy atom. The molecule has 2 rings (SSSR count). The molecule has 0 aliphatic rings. The van der Waals surface area contributed by atoms with Gasteiger partial charge in [-0.1, -0.05) is 30.3 Å². The van der Waals surface area contributed by atoms with E-state index < -0.39 is 0 Å². The predicted molar refractivity (Wildman–Crippen MR) is 77.2 cm³/mol. The Labute approximate surface area is 114 Å². The maximum Gasteiger partial charge on any atom is 0.203 e. The van der Waals surface area contributed by atoms with Gasteiger partial charge >= 0.3 is 0 Å². The lowest BCUT2D eigenvalue weighted by Gasteiger charge is -2.16. The highest BCUT2D eigenvalue weighted by Crippen LogP contribution is 2.17. The molecule has 4 nitrogen and oxygen atoms in total. The number of aromatic nitrogens is 2. The molecule has 2 aromatic rings. The fourth-order valence-corrected chi connectivity index (χ4v) is 2.03. The number of hydrogen-bond acceptors (Lipinski definition) is 3. The zero-order valence-electron chi connectivity index (χ0n) is 11.5. The van der Waals surface area contributed by atoms with Crippen LogP contribution >= 0.6 is 0 Å². The van der Waals surface area contributed by atoms with Crippen LogP contribution in [0.3, 0.4) is 0 Å². The Kier molecular flexibility index (Phi) is 4.98. The second kappa shape index (κ2) is 6.95. The second-order valence-electron chi connectivity index (χ2n) is 4.57. The lowest BCUT2D eigenvalue weighted by atomic mass is 10.1. The first kappa shape index (κ1) is 13.6. The molecule has 102 valence electrons. The van der Waals surface area contributed by atoms with E-state index in [1.807, 2.05) is 18.5 Å². The van der Waals surface area contributed by atoms with Crippen LogP contribution in [0.5, 0.6) is 0 Å². The number of rotatable bonds is 7. The molecule has 19 heavy (non-hydrogen) atoms. The Balaban J connectivity index is 1.97. The molecule has 1 aromatic carbocycles. The average molecular weight is 259 g/mol. The van der Waals surface area contributed by atoms with Gasteiger partial charge in [-0.3, -0.25) is 0 Å². The van der Waals surface area contributed by atoms with Gasteiger partial charge in [0, 0.05) is 32.7 Å². The van der Waals surface area contributed by atoms with Crippen molar-refractivity contribution in [2.75, 3.05) is 19.0 Å². The molecule has 0 aliphatic carbocycles. The number of aryl methyl sites for hydroxylation is 1. The molecule has 0 radical (unpaired) electrons. The fraction of sp³-hybridized carbons (Fsp3) is 0.400. The number of methoxy groups -OCH3 is 1. The van der Waals surface area contributed by atoms with Gasteiger partial charge in [0.25, 0.3) is 0 Å². The minimum absolute atomic E-state index is 0.241. The van der Waals surface area contributed by atoms with Crippen molar-refractivity contribution in [2.45, 2.75) is 25.9 Å². The lowest BCUT2D eigenvalue weighted by Crippen LogP contribution is -2.12. The summed E-state index contributed by atoms with van der Waals surface area (Å²) >= 11 is 0. The van der Waals surface area contributed by atoms with Gasteiger partial charge in [0.2, 0.25) is 5.95 Å². The summed E-state index contributed by atoms with van der Waals surface area (Å²) in [7, 11) is 1.73. The molecular weight excluding hydrogens is 238 g/mol. The molecule has 0 saturated carbocycles. The first-order chi connectivity index (χ1) is 9.31. The van der Waals surface area contributed by atoms with Crippen LogP contribution in [0.25, 0.3) is 0 Å². The number of anilines is 1. The Morgan fingerprint density at radius 1 is 1.32 bits per heavy atom. The van der Waals surface area contributed by atoms with Crippen LogP contribution in [-0.2, 0) is 11.3 Å². The second-order valence-corrected chi connectivity index (χ2v) is 4.57. The molecule has 4 heteroatoms. The predicted octanol–water partition coefficient (Wildman–Crippen LogP) is 3.09. The number of imidazole rings is 1. The van der Waals surface area contributed by atoms with Crippen molar-refractivity contribution in [1.82, 2.24) is 9.55 Å². The number of hydrogen-bond donors (Lipinski definition) is 1. The molecule has 1 unspecified atom stereocenters. The smallest absolute Gasteiger partial charge is 0.203 e. The maximum absolute atomic E-state index is 5.08. The minimum atomic E-state index is 0.241. The third-order valence-electron chi connectivity index (χ3n) is 3.11. The summed E-state index contributed by atoms with van der Waals surface area (Å²) < 4.78 is 7.20. The van der Waals surface area contributed by atoms with E-state index in [1.165, 1.54) is 5.56 Å². The molecule has 0 amide bonds. The first-order valence-corrected chi connectivity index (χ1v) is 6.63. The number of nitrogens with zero attached hydrogens (tertiary/aromatic N) is 2. The van der Waals surface area contributed by atoms with Crippen molar-refractivity contribution in [3.63, 3.8) is 0 Å². The molecule has 0 bridgehead atoms. The first-order valence-electron chi connectivity index (χ1n) is 6.63. The van der Waals surface area contributed by atoms with Crippen molar-refractivity contribution in [1.29, 1.82) is 0 Å². The number of nitrogens with one attached hydrogen (secondary N) is 1. The summed E-state index contributed by atoms with van der Waals surface area (Å²) in [6.45, 7) is 3.83. The van der Waals surface area contributed by atoms with Gasteiger partial charge in [-0.05, 0) is 18.9 Å². The van der Waals surface area contributed by atoms with Gasteiger partial charge in [0.05, 0.1) is 6.04 Å².